The first kappa shape index (κ1) is 22.7. The standard InChI is InChI=1S/C25H34N4O2/c1-4-26-25(27-15-14-19-8-7-10-21(16-19)24(30)29(2)3)28-17-22-9-5-6-11-23(22)31-18-20-12-13-20/h5-11,16,20H,4,12-15,17-18H2,1-3H3,(H2,26,27,28). The molecule has 0 bridgehead atoms. The monoisotopic (exact) mass is 422 g/mol. The maximum atomic E-state index is 12.2. The molecule has 2 N–H and O–H groups in total. The number of nitrogens with one attached hydrogen (secondary N) is 2. The van der Waals surface area contributed by atoms with Crippen molar-refractivity contribution >= 4 is 11.9 Å². The van der Waals surface area contributed by atoms with E-state index in [1.807, 2.05) is 42.5 Å². The molecule has 2 aromatic rings. The third-order valence-corrected chi connectivity index (χ3v) is 5.18. The zero-order valence-electron chi connectivity index (χ0n) is 18.9. The van der Waals surface area contributed by atoms with Gasteiger partial charge in [-0.25, -0.2) is 4.99 Å². The van der Waals surface area contributed by atoms with E-state index in [0.29, 0.717) is 12.1 Å². The molecule has 1 saturated carbocycles. The van der Waals surface area contributed by atoms with Crippen molar-refractivity contribution in [2.24, 2.45) is 10.9 Å². The van der Waals surface area contributed by atoms with Crippen molar-refractivity contribution in [3.63, 3.8) is 0 Å². The molecule has 166 valence electrons. The zero-order chi connectivity index (χ0) is 22.1. The fraction of sp³-hybridized carbons (Fsp3) is 0.440. The molecule has 31 heavy (non-hydrogen) atoms. The molecule has 0 atom stereocenters. The number of nitrogens with zero attached hydrogens (tertiary/aromatic N) is 2. The SMILES string of the molecule is CCNC(=NCc1ccccc1OCC1CC1)NCCc1cccc(C(=O)N(C)C)c1. The highest BCUT2D eigenvalue weighted by Crippen LogP contribution is 2.30. The summed E-state index contributed by atoms with van der Waals surface area (Å²) in [5, 5.41) is 6.69. The fourth-order valence-corrected chi connectivity index (χ4v) is 3.22. The van der Waals surface area contributed by atoms with Gasteiger partial charge in [-0.05, 0) is 55.9 Å². The second-order valence-electron chi connectivity index (χ2n) is 8.13. The summed E-state index contributed by atoms with van der Waals surface area (Å²) < 4.78 is 6.00. The van der Waals surface area contributed by atoms with Gasteiger partial charge in [-0.1, -0.05) is 30.3 Å². The van der Waals surface area contributed by atoms with E-state index in [4.69, 9.17) is 9.73 Å². The number of hydrogen-bond donors (Lipinski definition) is 2. The normalized spacial score (nSPS) is 13.6. The Morgan fingerprint density at radius 3 is 2.68 bits per heavy atom. The minimum Gasteiger partial charge on any atom is -0.493 e. The van der Waals surface area contributed by atoms with Gasteiger partial charge in [0, 0.05) is 38.3 Å². The molecule has 2 aromatic carbocycles. The maximum Gasteiger partial charge on any atom is 0.253 e. The van der Waals surface area contributed by atoms with Crippen molar-refractivity contribution in [1.82, 2.24) is 15.5 Å². The van der Waals surface area contributed by atoms with Gasteiger partial charge in [0.1, 0.15) is 5.75 Å². The average molecular weight is 423 g/mol. The topological polar surface area (TPSA) is 66.0 Å². The van der Waals surface area contributed by atoms with Crippen LogP contribution in [0.4, 0.5) is 0 Å². The van der Waals surface area contributed by atoms with Gasteiger partial charge in [-0.15, -0.1) is 0 Å². The van der Waals surface area contributed by atoms with Gasteiger partial charge in [-0.2, -0.15) is 0 Å². The Kier molecular flexibility index (Phi) is 8.33. The molecule has 0 spiro atoms. The third-order valence-electron chi connectivity index (χ3n) is 5.18. The lowest BCUT2D eigenvalue weighted by atomic mass is 10.1. The summed E-state index contributed by atoms with van der Waals surface area (Å²) in [7, 11) is 3.54. The molecule has 1 aliphatic rings. The predicted octanol–water partition coefficient (Wildman–Crippen LogP) is 3.48. The highest BCUT2D eigenvalue weighted by molar-refractivity contribution is 5.94. The Labute approximate surface area is 185 Å². The number of para-hydroxylation sites is 1. The summed E-state index contributed by atoms with van der Waals surface area (Å²) in [6.07, 6.45) is 3.36. The third kappa shape index (κ3) is 7.31. The van der Waals surface area contributed by atoms with Gasteiger partial charge in [0.25, 0.3) is 5.91 Å². The van der Waals surface area contributed by atoms with Crippen LogP contribution in [0, 0.1) is 5.92 Å². The molecule has 1 fully saturated rings. The van der Waals surface area contributed by atoms with Crippen LogP contribution in [-0.4, -0.2) is 50.6 Å². The summed E-state index contributed by atoms with van der Waals surface area (Å²) in [4.78, 5) is 18.5. The molecule has 0 aliphatic heterocycles. The number of hydrogen-bond acceptors (Lipinski definition) is 3. The van der Waals surface area contributed by atoms with E-state index in [1.54, 1.807) is 19.0 Å². The lowest BCUT2D eigenvalue weighted by Gasteiger charge is -2.14. The smallest absolute Gasteiger partial charge is 0.253 e. The van der Waals surface area contributed by atoms with Gasteiger partial charge >= 0.3 is 0 Å². The number of carbonyl (C=O) groups excluding carboxylic acids is 1. The molecule has 0 saturated heterocycles. The van der Waals surface area contributed by atoms with Crippen LogP contribution < -0.4 is 15.4 Å². The van der Waals surface area contributed by atoms with Crippen LogP contribution in [-0.2, 0) is 13.0 Å². The summed E-state index contributed by atoms with van der Waals surface area (Å²) in [5.41, 5.74) is 2.93. The van der Waals surface area contributed by atoms with Crippen molar-refractivity contribution < 1.29 is 9.53 Å². The van der Waals surface area contributed by atoms with Gasteiger partial charge in [-0.3, -0.25) is 4.79 Å². The Morgan fingerprint density at radius 2 is 1.94 bits per heavy atom. The van der Waals surface area contributed by atoms with E-state index in [1.165, 1.54) is 12.8 Å². The summed E-state index contributed by atoms with van der Waals surface area (Å²) >= 11 is 0. The molecule has 1 amide bonds. The van der Waals surface area contributed by atoms with E-state index < -0.39 is 0 Å². The molecule has 6 nitrogen and oxygen atoms in total. The number of aliphatic imine (C=N–C) groups is 1. The van der Waals surface area contributed by atoms with Gasteiger partial charge in [0.05, 0.1) is 13.2 Å². The van der Waals surface area contributed by atoms with Gasteiger partial charge < -0.3 is 20.3 Å². The number of benzene rings is 2. The Morgan fingerprint density at radius 1 is 1.13 bits per heavy atom. The molecule has 0 heterocycles. The highest BCUT2D eigenvalue weighted by atomic mass is 16.5. The van der Waals surface area contributed by atoms with Crippen molar-refractivity contribution in [2.75, 3.05) is 33.8 Å². The van der Waals surface area contributed by atoms with Crippen LogP contribution in [0.2, 0.25) is 0 Å². The summed E-state index contributed by atoms with van der Waals surface area (Å²) in [6.45, 7) is 4.93. The molecule has 0 unspecified atom stereocenters. The second-order valence-corrected chi connectivity index (χ2v) is 8.13. The molecule has 1 aliphatic carbocycles. The predicted molar refractivity (Wildman–Crippen MR) is 126 cm³/mol. The van der Waals surface area contributed by atoms with Crippen LogP contribution in [0.5, 0.6) is 5.75 Å². The molecule has 3 rings (SSSR count). The highest BCUT2D eigenvalue weighted by Gasteiger charge is 2.22. The van der Waals surface area contributed by atoms with Crippen molar-refractivity contribution in [3.8, 4) is 5.75 Å². The molecular formula is C25H34N4O2. The van der Waals surface area contributed by atoms with Crippen LogP contribution in [0.1, 0.15) is 41.3 Å². The lowest BCUT2D eigenvalue weighted by Crippen LogP contribution is -2.38. The maximum absolute atomic E-state index is 12.2. The number of carbonyl (C=O) groups is 1. The molecule has 0 radical (unpaired) electrons. The lowest BCUT2D eigenvalue weighted by molar-refractivity contribution is 0.0827. The molecule has 6 heteroatoms. The quantitative estimate of drug-likeness (QED) is 0.455. The van der Waals surface area contributed by atoms with Gasteiger partial charge in [0.15, 0.2) is 5.96 Å². The zero-order valence-corrected chi connectivity index (χ0v) is 18.9. The van der Waals surface area contributed by atoms with E-state index in [2.05, 4.69) is 23.6 Å². The largest absolute Gasteiger partial charge is 0.493 e. The Balaban J connectivity index is 1.56. The van der Waals surface area contributed by atoms with Crippen molar-refractivity contribution in [3.05, 3.63) is 65.2 Å². The minimum absolute atomic E-state index is 0.0206. The number of amides is 1. The van der Waals surface area contributed by atoms with Gasteiger partial charge in [0.2, 0.25) is 0 Å². The van der Waals surface area contributed by atoms with Crippen molar-refractivity contribution in [2.45, 2.75) is 32.7 Å². The summed E-state index contributed by atoms with van der Waals surface area (Å²) in [5.74, 6) is 2.45. The van der Waals surface area contributed by atoms with Crippen molar-refractivity contribution in [1.29, 1.82) is 0 Å². The van der Waals surface area contributed by atoms with E-state index in [0.717, 1.165) is 54.9 Å². The average Bonchev–Trinajstić information content (AvgIpc) is 3.61. The van der Waals surface area contributed by atoms with E-state index >= 15 is 0 Å². The van der Waals surface area contributed by atoms with E-state index in [-0.39, 0.29) is 5.91 Å². The first-order valence-corrected chi connectivity index (χ1v) is 11.1. The van der Waals surface area contributed by atoms with Crippen LogP contribution in [0.15, 0.2) is 53.5 Å². The first-order valence-electron chi connectivity index (χ1n) is 11.1. The Hall–Kier alpha value is -3.02. The number of rotatable bonds is 10. The number of guanidine groups is 1. The molecule has 0 aromatic heterocycles. The fourth-order valence-electron chi connectivity index (χ4n) is 3.22. The molecular weight excluding hydrogens is 388 g/mol. The van der Waals surface area contributed by atoms with Crippen LogP contribution in [0.3, 0.4) is 0 Å². The van der Waals surface area contributed by atoms with E-state index in [9.17, 15) is 4.79 Å². The second kappa shape index (κ2) is 11.4. The van der Waals surface area contributed by atoms with Crippen LogP contribution >= 0.6 is 0 Å². The van der Waals surface area contributed by atoms with Crippen LogP contribution in [0.25, 0.3) is 0 Å². The first-order chi connectivity index (χ1) is 15.1. The summed E-state index contributed by atoms with van der Waals surface area (Å²) in [6, 6.07) is 15.9. The minimum atomic E-state index is 0.0206. The Bertz CT molecular complexity index is 891. The number of ether oxygens (including phenoxy) is 1.